The Balaban J connectivity index is 3.39. The van der Waals surface area contributed by atoms with Crippen LogP contribution in [0.1, 0.15) is 85.0 Å². The summed E-state index contributed by atoms with van der Waals surface area (Å²) >= 11 is 0. The standard InChI is InChI=1S/C32H50O3Si2/c1-15-20-26-27(21-19-23-28(26)33-10)29(34-36(11,12)30(3,4)5)22-17-18-25-32(9,24-16-2)35-37(13,14)31(6,7)8/h1-2,19,21,23,29H,18,20,24-25H2,3-14H3/t29?,32-/m1/s1. The molecule has 0 spiro atoms. The molecular weight excluding hydrogens is 489 g/mol. The Morgan fingerprint density at radius 3 is 1.97 bits per heavy atom. The van der Waals surface area contributed by atoms with Crippen LogP contribution in [-0.2, 0) is 15.3 Å². The Kier molecular flexibility index (Phi) is 11.4. The van der Waals surface area contributed by atoms with Gasteiger partial charge in [-0.1, -0.05) is 59.6 Å². The lowest BCUT2D eigenvalue weighted by Gasteiger charge is -2.43. The van der Waals surface area contributed by atoms with Crippen molar-refractivity contribution >= 4 is 16.6 Å². The minimum absolute atomic E-state index is 0.0421. The molecule has 1 unspecified atom stereocenters. The summed E-state index contributed by atoms with van der Waals surface area (Å²) in [6.45, 7) is 24.6. The number of benzene rings is 1. The molecule has 0 N–H and O–H groups in total. The second kappa shape index (κ2) is 12.7. The van der Waals surface area contributed by atoms with Gasteiger partial charge in [-0.2, -0.15) is 0 Å². The first-order chi connectivity index (χ1) is 16.8. The molecule has 0 saturated heterocycles. The number of rotatable bonds is 10. The highest BCUT2D eigenvalue weighted by Gasteiger charge is 2.43. The second-order valence-electron chi connectivity index (χ2n) is 13.2. The summed E-state index contributed by atoms with van der Waals surface area (Å²) in [5.41, 5.74) is 1.54. The molecule has 0 bridgehead atoms. The van der Waals surface area contributed by atoms with E-state index in [0.29, 0.717) is 19.3 Å². The predicted octanol–water partition coefficient (Wildman–Crippen LogP) is 8.52. The van der Waals surface area contributed by atoms with Gasteiger partial charge < -0.3 is 13.6 Å². The molecule has 1 aromatic carbocycles. The van der Waals surface area contributed by atoms with E-state index in [1.807, 2.05) is 12.1 Å². The van der Waals surface area contributed by atoms with Gasteiger partial charge >= 0.3 is 0 Å². The largest absolute Gasteiger partial charge is 0.496 e. The summed E-state index contributed by atoms with van der Waals surface area (Å²) in [6, 6.07) is 5.98. The first-order valence-corrected chi connectivity index (χ1v) is 19.0. The molecule has 3 nitrogen and oxygen atoms in total. The van der Waals surface area contributed by atoms with E-state index in [4.69, 9.17) is 26.4 Å². The fraction of sp³-hybridized carbons (Fsp3) is 0.625. The highest BCUT2D eigenvalue weighted by Crippen LogP contribution is 2.42. The van der Waals surface area contributed by atoms with Gasteiger partial charge in [0, 0.05) is 24.8 Å². The minimum atomic E-state index is -2.13. The van der Waals surface area contributed by atoms with Gasteiger partial charge in [0.15, 0.2) is 16.6 Å². The highest BCUT2D eigenvalue weighted by atomic mass is 28.4. The molecule has 1 rings (SSSR count). The lowest BCUT2D eigenvalue weighted by Crippen LogP contribution is -2.48. The molecule has 0 radical (unpaired) electrons. The van der Waals surface area contributed by atoms with Crippen molar-refractivity contribution in [2.75, 3.05) is 7.11 Å². The first-order valence-electron chi connectivity index (χ1n) is 13.2. The first kappa shape index (κ1) is 33.1. The van der Waals surface area contributed by atoms with Crippen LogP contribution in [0.15, 0.2) is 18.2 Å². The maximum absolute atomic E-state index is 6.86. The highest BCUT2D eigenvalue weighted by molar-refractivity contribution is 6.74. The van der Waals surface area contributed by atoms with E-state index in [1.54, 1.807) is 7.11 Å². The van der Waals surface area contributed by atoms with Gasteiger partial charge in [-0.05, 0) is 61.2 Å². The van der Waals surface area contributed by atoms with Crippen molar-refractivity contribution in [2.45, 2.75) is 122 Å². The fourth-order valence-electron chi connectivity index (χ4n) is 3.61. The van der Waals surface area contributed by atoms with Crippen molar-refractivity contribution in [2.24, 2.45) is 0 Å². The van der Waals surface area contributed by atoms with E-state index in [9.17, 15) is 0 Å². The van der Waals surface area contributed by atoms with E-state index in [-0.39, 0.29) is 16.2 Å². The molecule has 0 fully saturated rings. The Labute approximate surface area is 230 Å². The molecule has 204 valence electrons. The lowest BCUT2D eigenvalue weighted by molar-refractivity contribution is 0.0696. The molecule has 0 heterocycles. The van der Waals surface area contributed by atoms with Crippen LogP contribution in [0, 0.1) is 36.5 Å². The lowest BCUT2D eigenvalue weighted by atomic mass is 9.96. The van der Waals surface area contributed by atoms with Crippen molar-refractivity contribution < 1.29 is 13.6 Å². The summed E-state index contributed by atoms with van der Waals surface area (Å²) in [5, 5.41) is 0.150. The van der Waals surface area contributed by atoms with Gasteiger partial charge in [0.25, 0.3) is 0 Å². The zero-order valence-corrected chi connectivity index (χ0v) is 27.5. The van der Waals surface area contributed by atoms with Crippen LogP contribution >= 0.6 is 0 Å². The van der Waals surface area contributed by atoms with E-state index >= 15 is 0 Å². The SMILES string of the molecule is C#CCc1c(OC)cccc1C(C#CCC[C@@](C)(CC#C)O[Si](C)(C)C(C)(C)C)O[Si](C)(C)C(C)(C)C. The normalized spacial score (nSPS) is 15.0. The quantitative estimate of drug-likeness (QED) is 0.221. The van der Waals surface area contributed by atoms with Crippen LogP contribution in [0.2, 0.25) is 36.3 Å². The van der Waals surface area contributed by atoms with Gasteiger partial charge in [-0.15, -0.1) is 30.6 Å². The van der Waals surface area contributed by atoms with E-state index in [0.717, 1.165) is 23.3 Å². The van der Waals surface area contributed by atoms with Crippen LogP contribution in [0.4, 0.5) is 0 Å². The van der Waals surface area contributed by atoms with Crippen LogP contribution in [0.5, 0.6) is 5.75 Å². The fourth-order valence-corrected chi connectivity index (χ4v) is 6.45. The molecular formula is C32H50O3Si2. The van der Waals surface area contributed by atoms with Crippen LogP contribution in [0.3, 0.4) is 0 Å². The van der Waals surface area contributed by atoms with Gasteiger partial charge in [0.2, 0.25) is 0 Å². The average molecular weight is 539 g/mol. The number of terminal acetylenes is 2. The van der Waals surface area contributed by atoms with Crippen LogP contribution in [-0.4, -0.2) is 29.3 Å². The summed E-state index contributed by atoms with van der Waals surface area (Å²) in [5.74, 6) is 13.3. The van der Waals surface area contributed by atoms with Gasteiger partial charge in [-0.3, -0.25) is 0 Å². The van der Waals surface area contributed by atoms with Crippen molar-refractivity contribution in [3.63, 3.8) is 0 Å². The number of methoxy groups -OCH3 is 1. The van der Waals surface area contributed by atoms with Gasteiger partial charge in [0.1, 0.15) is 11.9 Å². The third-order valence-electron chi connectivity index (χ3n) is 7.96. The second-order valence-corrected chi connectivity index (χ2v) is 22.7. The number of hydrogen-bond acceptors (Lipinski definition) is 3. The van der Waals surface area contributed by atoms with E-state index < -0.39 is 22.2 Å². The Morgan fingerprint density at radius 1 is 0.892 bits per heavy atom. The monoisotopic (exact) mass is 538 g/mol. The molecule has 0 aromatic heterocycles. The summed E-state index contributed by atoms with van der Waals surface area (Å²) in [4.78, 5) is 0. The molecule has 0 saturated carbocycles. The maximum atomic E-state index is 6.86. The summed E-state index contributed by atoms with van der Waals surface area (Å²) in [6.07, 6.45) is 13.5. The van der Waals surface area contributed by atoms with Crippen molar-refractivity contribution in [1.82, 2.24) is 0 Å². The number of hydrogen-bond donors (Lipinski definition) is 0. The van der Waals surface area contributed by atoms with E-state index in [2.05, 4.69) is 104 Å². The topological polar surface area (TPSA) is 27.7 Å². The zero-order valence-electron chi connectivity index (χ0n) is 25.5. The molecule has 2 atom stereocenters. The summed E-state index contributed by atoms with van der Waals surface area (Å²) in [7, 11) is -2.44. The molecule has 1 aromatic rings. The van der Waals surface area contributed by atoms with Gasteiger partial charge in [-0.25, -0.2) is 0 Å². The maximum Gasteiger partial charge on any atom is 0.194 e. The Hall–Kier alpha value is -1.95. The Bertz CT molecular complexity index is 1050. The van der Waals surface area contributed by atoms with Crippen molar-refractivity contribution in [1.29, 1.82) is 0 Å². The Morgan fingerprint density at radius 2 is 1.49 bits per heavy atom. The summed E-state index contributed by atoms with van der Waals surface area (Å²) < 4.78 is 19.3. The third kappa shape index (κ3) is 9.09. The predicted molar refractivity (Wildman–Crippen MR) is 164 cm³/mol. The molecule has 0 aliphatic rings. The zero-order chi connectivity index (χ0) is 28.7. The molecule has 0 amide bonds. The average Bonchev–Trinajstić information content (AvgIpc) is 2.74. The smallest absolute Gasteiger partial charge is 0.194 e. The van der Waals surface area contributed by atoms with E-state index in [1.165, 1.54) is 0 Å². The third-order valence-corrected chi connectivity index (χ3v) is 17.0. The van der Waals surface area contributed by atoms with Crippen molar-refractivity contribution in [3.05, 3.63) is 29.3 Å². The number of ether oxygens (including phenoxy) is 1. The molecule has 0 aliphatic carbocycles. The van der Waals surface area contributed by atoms with Gasteiger partial charge in [0.05, 0.1) is 12.7 Å². The van der Waals surface area contributed by atoms with Crippen LogP contribution < -0.4 is 4.74 Å². The molecule has 5 heteroatoms. The molecule has 37 heavy (non-hydrogen) atoms. The molecule has 0 aliphatic heterocycles. The van der Waals surface area contributed by atoms with Crippen molar-refractivity contribution in [3.8, 4) is 42.3 Å². The minimum Gasteiger partial charge on any atom is -0.496 e. The van der Waals surface area contributed by atoms with Crippen LogP contribution in [0.25, 0.3) is 0 Å².